The van der Waals surface area contributed by atoms with E-state index in [2.05, 4.69) is 126 Å². The molecule has 1 aliphatic heterocycles. The summed E-state index contributed by atoms with van der Waals surface area (Å²) in [6, 6.07) is 40.4. The van der Waals surface area contributed by atoms with Crippen LogP contribution in [0.15, 0.2) is 120 Å². The van der Waals surface area contributed by atoms with Crippen LogP contribution in [0.4, 0.5) is 11.6 Å². The Balaban J connectivity index is 1.30. The number of fused-ring (bicyclic) bond motifs is 9. The average molecular weight is 612 g/mol. The van der Waals surface area contributed by atoms with Gasteiger partial charge in [0.2, 0.25) is 11.9 Å². The van der Waals surface area contributed by atoms with Crippen LogP contribution in [0.3, 0.4) is 0 Å². The SMILES string of the molecule is CC12CCCCC1(C)N(c1nc(-c3cccc4c3oc3ccccc34)nc(-n3c4ccccc4c4ccccc43)n1)c1ccccc12. The molecule has 1 fully saturated rings. The van der Waals surface area contributed by atoms with Gasteiger partial charge in [-0.25, -0.2) is 0 Å². The van der Waals surface area contributed by atoms with Crippen LogP contribution < -0.4 is 4.90 Å². The topological polar surface area (TPSA) is 60.0 Å². The van der Waals surface area contributed by atoms with Crippen LogP contribution in [0, 0.1) is 0 Å². The van der Waals surface area contributed by atoms with E-state index in [4.69, 9.17) is 19.4 Å². The van der Waals surface area contributed by atoms with E-state index < -0.39 is 0 Å². The lowest BCUT2D eigenvalue weighted by Crippen LogP contribution is -2.55. The number of benzene rings is 5. The summed E-state index contributed by atoms with van der Waals surface area (Å²) >= 11 is 0. The molecule has 0 spiro atoms. The minimum Gasteiger partial charge on any atom is -0.455 e. The Hall–Kier alpha value is -5.49. The average Bonchev–Trinajstić information content (AvgIpc) is 3.72. The zero-order valence-electron chi connectivity index (χ0n) is 26.4. The number of rotatable bonds is 3. The highest BCUT2D eigenvalue weighted by molar-refractivity contribution is 6.10. The second kappa shape index (κ2) is 9.52. The molecule has 0 bridgehead atoms. The largest absolute Gasteiger partial charge is 0.455 e. The summed E-state index contributed by atoms with van der Waals surface area (Å²) in [6.45, 7) is 4.85. The molecule has 6 nitrogen and oxygen atoms in total. The summed E-state index contributed by atoms with van der Waals surface area (Å²) in [6.07, 6.45) is 4.58. The first kappa shape index (κ1) is 26.7. The van der Waals surface area contributed by atoms with Crippen LogP contribution >= 0.6 is 0 Å². The van der Waals surface area contributed by atoms with E-state index in [1.54, 1.807) is 0 Å². The van der Waals surface area contributed by atoms with Gasteiger partial charge in [-0.05, 0) is 55.7 Å². The first-order valence-electron chi connectivity index (χ1n) is 16.6. The molecule has 0 saturated heterocycles. The van der Waals surface area contributed by atoms with Crippen molar-refractivity contribution >= 4 is 55.4 Å². The third-order valence-electron chi connectivity index (χ3n) is 11.2. The molecule has 0 amide bonds. The van der Waals surface area contributed by atoms with Gasteiger partial charge >= 0.3 is 0 Å². The van der Waals surface area contributed by atoms with Gasteiger partial charge in [0.1, 0.15) is 11.2 Å². The van der Waals surface area contributed by atoms with E-state index in [0.717, 1.165) is 51.4 Å². The summed E-state index contributed by atoms with van der Waals surface area (Å²) in [5, 5.41) is 4.48. The lowest BCUT2D eigenvalue weighted by Gasteiger charge is -2.49. The van der Waals surface area contributed by atoms with E-state index >= 15 is 0 Å². The van der Waals surface area contributed by atoms with Crippen molar-refractivity contribution in [3.8, 4) is 17.3 Å². The fraction of sp³-hybridized carbons (Fsp3) is 0.195. The Morgan fingerprint density at radius 2 is 1.23 bits per heavy atom. The molecule has 6 heteroatoms. The number of anilines is 2. The fourth-order valence-electron chi connectivity index (χ4n) is 8.74. The van der Waals surface area contributed by atoms with Gasteiger partial charge in [0, 0.05) is 32.6 Å². The molecule has 1 aliphatic carbocycles. The Bertz CT molecular complexity index is 2490. The van der Waals surface area contributed by atoms with Crippen molar-refractivity contribution in [1.29, 1.82) is 0 Å². The van der Waals surface area contributed by atoms with E-state index in [1.807, 2.05) is 12.1 Å². The molecule has 228 valence electrons. The predicted octanol–water partition coefficient (Wildman–Crippen LogP) is 10.3. The van der Waals surface area contributed by atoms with Crippen LogP contribution in [0.1, 0.15) is 45.1 Å². The quantitative estimate of drug-likeness (QED) is 0.199. The van der Waals surface area contributed by atoms with E-state index in [9.17, 15) is 0 Å². The van der Waals surface area contributed by atoms with Gasteiger partial charge in [-0.1, -0.05) is 105 Å². The van der Waals surface area contributed by atoms with Crippen molar-refractivity contribution in [2.75, 3.05) is 4.90 Å². The van der Waals surface area contributed by atoms with Crippen molar-refractivity contribution in [2.24, 2.45) is 0 Å². The molecule has 47 heavy (non-hydrogen) atoms. The monoisotopic (exact) mass is 611 g/mol. The molecule has 2 unspecified atom stereocenters. The molecule has 2 atom stereocenters. The normalized spacial score (nSPS) is 20.8. The molecular weight excluding hydrogens is 578 g/mol. The Kier molecular flexibility index (Phi) is 5.41. The second-order valence-electron chi connectivity index (χ2n) is 13.6. The van der Waals surface area contributed by atoms with E-state index in [0.29, 0.717) is 17.7 Å². The summed E-state index contributed by atoms with van der Waals surface area (Å²) < 4.78 is 8.73. The number of nitrogens with zero attached hydrogens (tertiary/aromatic N) is 5. The molecule has 0 N–H and O–H groups in total. The number of hydrogen-bond acceptors (Lipinski definition) is 5. The third-order valence-corrected chi connectivity index (χ3v) is 11.2. The van der Waals surface area contributed by atoms with Crippen LogP contribution in [-0.2, 0) is 5.41 Å². The zero-order chi connectivity index (χ0) is 31.3. The van der Waals surface area contributed by atoms with Crippen molar-refractivity contribution in [1.82, 2.24) is 19.5 Å². The Morgan fingerprint density at radius 1 is 0.596 bits per heavy atom. The van der Waals surface area contributed by atoms with Gasteiger partial charge in [-0.2, -0.15) is 15.0 Å². The van der Waals surface area contributed by atoms with Gasteiger partial charge in [0.15, 0.2) is 5.82 Å². The molecule has 4 heterocycles. The molecule has 0 radical (unpaired) electrons. The number of para-hydroxylation sites is 5. The van der Waals surface area contributed by atoms with Crippen molar-refractivity contribution in [3.63, 3.8) is 0 Å². The maximum Gasteiger partial charge on any atom is 0.240 e. The summed E-state index contributed by atoms with van der Waals surface area (Å²) in [5.41, 5.74) is 6.96. The maximum absolute atomic E-state index is 6.53. The number of hydrogen-bond donors (Lipinski definition) is 0. The van der Waals surface area contributed by atoms with Crippen LogP contribution in [0.5, 0.6) is 0 Å². The lowest BCUT2D eigenvalue weighted by atomic mass is 9.61. The molecule has 1 saturated carbocycles. The van der Waals surface area contributed by atoms with E-state index in [-0.39, 0.29) is 11.0 Å². The second-order valence-corrected chi connectivity index (χ2v) is 13.6. The van der Waals surface area contributed by atoms with Crippen molar-refractivity contribution in [2.45, 2.75) is 50.5 Å². The van der Waals surface area contributed by atoms with Crippen molar-refractivity contribution in [3.05, 3.63) is 121 Å². The number of aromatic nitrogens is 4. The van der Waals surface area contributed by atoms with Gasteiger partial charge in [0.05, 0.1) is 22.1 Å². The highest BCUT2D eigenvalue weighted by Crippen LogP contribution is 2.60. The minimum absolute atomic E-state index is 0.0274. The van der Waals surface area contributed by atoms with Crippen LogP contribution in [0.25, 0.3) is 61.1 Å². The first-order valence-corrected chi connectivity index (χ1v) is 16.6. The van der Waals surface area contributed by atoms with Gasteiger partial charge in [0.25, 0.3) is 0 Å². The highest BCUT2D eigenvalue weighted by atomic mass is 16.3. The number of furan rings is 1. The maximum atomic E-state index is 6.53. The predicted molar refractivity (Wildman–Crippen MR) is 190 cm³/mol. The molecule has 5 aromatic carbocycles. The lowest BCUT2D eigenvalue weighted by molar-refractivity contribution is 0.193. The van der Waals surface area contributed by atoms with Gasteiger partial charge in [-0.3, -0.25) is 4.57 Å². The highest BCUT2D eigenvalue weighted by Gasteiger charge is 2.58. The third kappa shape index (κ3) is 3.53. The Morgan fingerprint density at radius 3 is 2.04 bits per heavy atom. The standard InChI is InChI=1S/C41H33N5O/c1-40-24-11-12-25-41(40,2)46(34-22-9-6-19-31(34)40)39-43-37(30-18-13-17-29-28-16-5-10-23-35(28)47-36(29)30)42-38(44-39)45-32-20-7-3-14-26(32)27-15-4-8-21-33(27)45/h3-10,13-23H,11-12,24-25H2,1-2H3. The minimum atomic E-state index is -0.197. The van der Waals surface area contributed by atoms with E-state index in [1.165, 1.54) is 34.9 Å². The van der Waals surface area contributed by atoms with Crippen molar-refractivity contribution < 1.29 is 4.42 Å². The zero-order valence-corrected chi connectivity index (χ0v) is 26.4. The molecule has 3 aromatic heterocycles. The van der Waals surface area contributed by atoms with Gasteiger partial charge in [-0.15, -0.1) is 0 Å². The fourth-order valence-corrected chi connectivity index (χ4v) is 8.74. The molecule has 2 aliphatic rings. The van der Waals surface area contributed by atoms with Crippen LogP contribution in [-0.4, -0.2) is 25.1 Å². The smallest absolute Gasteiger partial charge is 0.240 e. The van der Waals surface area contributed by atoms with Gasteiger partial charge < -0.3 is 9.32 Å². The molecule has 8 aromatic rings. The summed E-state index contributed by atoms with van der Waals surface area (Å²) in [5.74, 6) is 1.86. The summed E-state index contributed by atoms with van der Waals surface area (Å²) in [7, 11) is 0. The van der Waals surface area contributed by atoms with Crippen LogP contribution in [0.2, 0.25) is 0 Å². The molecular formula is C41H33N5O. The Labute approximate surface area is 272 Å². The summed E-state index contributed by atoms with van der Waals surface area (Å²) in [4.78, 5) is 18.5. The first-order chi connectivity index (χ1) is 23.0. The molecule has 10 rings (SSSR count).